The van der Waals surface area contributed by atoms with Crippen molar-refractivity contribution in [3.8, 4) is 0 Å². The molecule has 19 heavy (non-hydrogen) atoms. The average molecular weight is 415 g/mol. The zero-order chi connectivity index (χ0) is 10.2. The Labute approximate surface area is 128 Å². The molecule has 15 heteroatoms. The summed E-state index contributed by atoms with van der Waals surface area (Å²) in [5.74, 6) is -17.6. The molecule has 0 fully saturated rings. The van der Waals surface area contributed by atoms with Crippen molar-refractivity contribution in [3.63, 3.8) is 0 Å². The quantitative estimate of drug-likeness (QED) is 0.265. The van der Waals surface area contributed by atoms with E-state index in [1.807, 2.05) is 0 Å². The van der Waals surface area contributed by atoms with E-state index in [0.717, 1.165) is 0 Å². The van der Waals surface area contributed by atoms with Gasteiger partial charge in [-0.25, -0.2) is 9.59 Å². The Morgan fingerprint density at radius 3 is 0.842 bits per heavy atom. The first-order valence-electron chi connectivity index (χ1n) is 2.36. The summed E-state index contributed by atoms with van der Waals surface area (Å²) in [4.78, 5) is 19.0. The first-order chi connectivity index (χ1) is 5.14. The molecule has 0 rings (SSSR count). The van der Waals surface area contributed by atoms with E-state index in [-0.39, 0.29) is 66.3 Å². The number of halogens is 4. The minimum atomic E-state index is -5.60. The van der Waals surface area contributed by atoms with Gasteiger partial charge in [-0.3, -0.25) is 0 Å². The van der Waals surface area contributed by atoms with Gasteiger partial charge in [-0.1, -0.05) is 0 Å². The fraction of sp³-hybridized carbons (Fsp3) is 0.500. The Morgan fingerprint density at radius 1 is 0.684 bits per heavy atom. The molecule has 0 aromatic heterocycles. The molecular weight excluding hydrogens is 399 g/mol. The molecule has 0 atom stereocenters. The van der Waals surface area contributed by atoms with Gasteiger partial charge in [0.25, 0.3) is 0 Å². The number of rotatable bonds is 3. The van der Waals surface area contributed by atoms with Crippen LogP contribution in [0, 0.1) is 0 Å². The van der Waals surface area contributed by atoms with Crippen molar-refractivity contribution in [3.05, 3.63) is 0 Å². The summed E-state index contributed by atoms with van der Waals surface area (Å²) in [5, 5.41) is 15.1. The molecule has 0 saturated carbocycles. The predicted molar refractivity (Wildman–Crippen MR) is 48.3 cm³/mol. The maximum Gasteiger partial charge on any atom is 0.415 e. The summed E-state index contributed by atoms with van der Waals surface area (Å²) in [6.45, 7) is 0. The third kappa shape index (κ3) is 10.2. The number of hydrogen-bond acceptors (Lipinski definition) is 2. The smallest absolute Gasteiger partial charge is 0.415 e. The van der Waals surface area contributed by atoms with Crippen molar-refractivity contribution in [1.82, 2.24) is 0 Å². The third-order valence-corrected chi connectivity index (χ3v) is 0.932. The monoisotopic (exact) mass is 412 g/mol. The first-order valence-corrected chi connectivity index (χ1v) is 2.36. The van der Waals surface area contributed by atoms with Crippen LogP contribution in [-0.4, -0.2) is 39.5 Å². The zero-order valence-corrected chi connectivity index (χ0v) is 15.4. The summed E-state index contributed by atoms with van der Waals surface area (Å²) in [5.41, 5.74) is 0. The molecule has 0 bridgehead atoms. The minimum Gasteiger partial charge on any atom is -0.477 e. The van der Waals surface area contributed by atoms with Crippen LogP contribution in [0.2, 0.25) is 0 Å². The maximum absolute atomic E-state index is 11.8. The van der Waals surface area contributed by atoms with E-state index >= 15 is 0 Å². The summed E-state index contributed by atoms with van der Waals surface area (Å²) in [6.07, 6.45) is 0. The zero-order valence-electron chi connectivity index (χ0n) is 9.45. The second-order valence-electron chi connectivity index (χ2n) is 1.76. The topological polar surface area (TPSA) is 238 Å². The van der Waals surface area contributed by atoms with Gasteiger partial charge in [0.1, 0.15) is 0 Å². The predicted octanol–water partition coefficient (Wildman–Crippen LogP) is -4.09. The molecule has 0 amide bonds. The molecule has 0 radical (unpaired) electrons. The second kappa shape index (κ2) is 15.8. The van der Waals surface area contributed by atoms with Crippen LogP contribution in [0.5, 0.6) is 0 Å². The number of carbonyl (C=O) groups is 2. The summed E-state index contributed by atoms with van der Waals surface area (Å²) >= 11 is 0. The van der Waals surface area contributed by atoms with Gasteiger partial charge in [-0.05, 0) is 0 Å². The molecule has 0 aromatic rings. The van der Waals surface area contributed by atoms with Gasteiger partial charge in [0.15, 0.2) is 0 Å². The van der Waals surface area contributed by atoms with Crippen LogP contribution in [0.1, 0.15) is 0 Å². The number of carboxylic acid groups (broad SMARTS) is 2. The summed E-state index contributed by atoms with van der Waals surface area (Å²) in [7, 11) is 0. The van der Waals surface area contributed by atoms with Gasteiger partial charge in [0.05, 0.1) is 0 Å². The van der Waals surface area contributed by atoms with Crippen LogP contribution in [0.15, 0.2) is 0 Å². The molecule has 0 aliphatic rings. The van der Waals surface area contributed by atoms with Gasteiger partial charge in [-0.2, -0.15) is 17.6 Å². The normalized spacial score (nSPS) is 8.00. The maximum atomic E-state index is 11.8. The number of carboxylic acids is 2. The number of alkyl halides is 4. The van der Waals surface area contributed by atoms with Gasteiger partial charge in [-0.15, -0.1) is 0 Å². The molecule has 0 aromatic carbocycles. The van der Waals surface area contributed by atoms with E-state index in [9.17, 15) is 27.2 Å². The van der Waals surface area contributed by atoms with Crippen LogP contribution >= 0.6 is 0 Å². The summed E-state index contributed by atoms with van der Waals surface area (Å²) in [6, 6.07) is 0. The van der Waals surface area contributed by atoms with Gasteiger partial charge in [0.2, 0.25) is 0 Å². The van der Waals surface area contributed by atoms with Crippen LogP contribution < -0.4 is 0 Å². The van der Waals surface area contributed by atoms with Crippen LogP contribution in [-0.2, 0) is 70.4 Å². The van der Waals surface area contributed by atoms with Crippen LogP contribution in [0.4, 0.5) is 17.6 Å². The van der Waals surface area contributed by atoms with E-state index in [1.165, 1.54) is 0 Å². The molecular formula is C4H16F4O9Zn2+4. The van der Waals surface area contributed by atoms with E-state index in [0.29, 0.717) is 0 Å². The molecule has 0 saturated heterocycles. The molecule has 0 aliphatic carbocycles. The molecule has 114 valence electrons. The van der Waals surface area contributed by atoms with E-state index in [4.69, 9.17) is 10.2 Å². The largest absolute Gasteiger partial charge is 0.477 e. The molecule has 0 aliphatic heterocycles. The summed E-state index contributed by atoms with van der Waals surface area (Å²) < 4.78 is 47.4. The van der Waals surface area contributed by atoms with Gasteiger partial charge < -0.3 is 37.6 Å². The Hall–Kier alpha value is -0.293. The fourth-order valence-electron chi connectivity index (χ4n) is 0.269. The third-order valence-electron chi connectivity index (χ3n) is 0.932. The average Bonchev–Trinajstić information content (AvgIpc) is 1.86. The Balaban J connectivity index is -0.0000000288. The molecule has 0 spiro atoms. The first kappa shape index (κ1) is 51.2. The second-order valence-corrected chi connectivity index (χ2v) is 1.76. The Morgan fingerprint density at radius 2 is 0.789 bits per heavy atom. The molecule has 0 unspecified atom stereocenters. The molecule has 9 nitrogen and oxygen atoms in total. The van der Waals surface area contributed by atoms with Crippen LogP contribution in [0.25, 0.3) is 0 Å². The van der Waals surface area contributed by atoms with Crippen molar-refractivity contribution in [1.29, 1.82) is 0 Å². The number of aliphatic carboxylic acids is 2. The van der Waals surface area contributed by atoms with Gasteiger partial charge in [0, 0.05) is 39.0 Å². The fourth-order valence-corrected chi connectivity index (χ4v) is 0.269. The molecule has 0 heterocycles. The standard InChI is InChI=1S/C4H2F4O4.5H2O.2Zn/c5-3(6,1(9)10)4(7,8)2(11)12;;;;;;;/h(H,9,10)(H,11,12);5*1H2;;/p+4. The Kier molecular flexibility index (Phi) is 42.4. The van der Waals surface area contributed by atoms with Crippen molar-refractivity contribution < 1.29 is 104 Å². The number of hydrogen-bond donors (Lipinski definition) is 2. The van der Waals surface area contributed by atoms with Crippen molar-refractivity contribution in [2.75, 3.05) is 0 Å². The van der Waals surface area contributed by atoms with Crippen molar-refractivity contribution in [2.24, 2.45) is 0 Å². The van der Waals surface area contributed by atoms with E-state index in [1.54, 1.807) is 0 Å². The Bertz CT molecular complexity index is 214. The molecule has 16 N–H and O–H groups in total. The SMILES string of the molecule is O.O=C(O)C(F)(F)C(F)(F)C(=O)O.[OH3+].[OH3+].[OH3+].[OH3+].[Zn].[Zn]. The van der Waals surface area contributed by atoms with Gasteiger partial charge >= 0.3 is 23.8 Å². The van der Waals surface area contributed by atoms with E-state index in [2.05, 4.69) is 0 Å². The van der Waals surface area contributed by atoms with Crippen LogP contribution in [0.3, 0.4) is 0 Å². The van der Waals surface area contributed by atoms with Crippen molar-refractivity contribution >= 4 is 11.9 Å². The minimum absolute atomic E-state index is 0. The van der Waals surface area contributed by atoms with Crippen molar-refractivity contribution in [2.45, 2.75) is 11.8 Å². The van der Waals surface area contributed by atoms with E-state index < -0.39 is 23.8 Å².